The number of hydrogen-bond donors (Lipinski definition) is 0. The number of fused-ring (bicyclic) bond motifs is 12. The van der Waals surface area contributed by atoms with E-state index in [1.165, 1.54) is 82.4 Å². The van der Waals surface area contributed by atoms with Crippen molar-refractivity contribution < 1.29 is 0 Å². The Bertz CT molecular complexity index is 3510. The molecule has 0 N–H and O–H groups in total. The van der Waals surface area contributed by atoms with Gasteiger partial charge in [0, 0.05) is 66.7 Å². The normalized spacial score (nSPS) is 16.1. The summed E-state index contributed by atoms with van der Waals surface area (Å²) in [5.41, 5.74) is 14.5. The first-order valence-electron chi connectivity index (χ1n) is 20.2. The molecule has 0 amide bonds. The van der Waals surface area contributed by atoms with Crippen molar-refractivity contribution in [3.63, 3.8) is 0 Å². The minimum absolute atomic E-state index is 0.235. The van der Waals surface area contributed by atoms with Gasteiger partial charge in [-0.25, -0.2) is 0 Å². The van der Waals surface area contributed by atoms with Gasteiger partial charge < -0.3 is 18.6 Å². The predicted molar refractivity (Wildman–Crippen MR) is 243 cm³/mol. The van der Waals surface area contributed by atoms with Gasteiger partial charge in [0.25, 0.3) is 0 Å². The van der Waals surface area contributed by atoms with Gasteiger partial charge >= 0.3 is 0 Å². The van der Waals surface area contributed by atoms with Crippen molar-refractivity contribution in [1.82, 2.24) is 13.7 Å². The minimum Gasteiger partial charge on any atom is -0.333 e. The Morgan fingerprint density at radius 3 is 1.45 bits per heavy atom. The SMILES string of the molecule is C1=CC2c3cc4c5ccccc5n(-c5ccc6c(c5)c5cc7c8ccccc8n(-c8ccccc8)c7cc5n6-c5ccccc5)c4cc3N(c3ccccc3)C2C=C1. The molecule has 2 aliphatic rings. The van der Waals surface area contributed by atoms with E-state index in [9.17, 15) is 0 Å². The van der Waals surface area contributed by atoms with E-state index in [1.54, 1.807) is 0 Å². The summed E-state index contributed by atoms with van der Waals surface area (Å²) in [6.07, 6.45) is 9.15. The summed E-state index contributed by atoms with van der Waals surface area (Å²) >= 11 is 0. The van der Waals surface area contributed by atoms with Crippen LogP contribution in [0.1, 0.15) is 11.5 Å². The third-order valence-corrected chi connectivity index (χ3v) is 12.7. The summed E-state index contributed by atoms with van der Waals surface area (Å²) in [6, 6.07) is 67.3. The number of anilines is 2. The lowest BCUT2D eigenvalue weighted by Crippen LogP contribution is -2.28. The summed E-state index contributed by atoms with van der Waals surface area (Å²) in [7, 11) is 0. The van der Waals surface area contributed by atoms with Crippen molar-refractivity contribution in [3.05, 3.63) is 212 Å². The summed E-state index contributed by atoms with van der Waals surface area (Å²) in [5.74, 6) is 0.289. The quantitative estimate of drug-likeness (QED) is 0.176. The summed E-state index contributed by atoms with van der Waals surface area (Å²) in [6.45, 7) is 0. The minimum atomic E-state index is 0.235. The molecule has 272 valence electrons. The Balaban J connectivity index is 1.11. The first-order chi connectivity index (χ1) is 28.8. The largest absolute Gasteiger partial charge is 0.333 e. The molecule has 4 nitrogen and oxygen atoms in total. The molecule has 1 aliphatic heterocycles. The fourth-order valence-corrected chi connectivity index (χ4v) is 10.3. The Morgan fingerprint density at radius 1 is 0.310 bits per heavy atom. The van der Waals surface area contributed by atoms with E-state index in [1.807, 2.05) is 0 Å². The van der Waals surface area contributed by atoms with Crippen LogP contribution < -0.4 is 4.90 Å². The number of hydrogen-bond acceptors (Lipinski definition) is 1. The lowest BCUT2D eigenvalue weighted by Gasteiger charge is -2.28. The van der Waals surface area contributed by atoms with E-state index in [4.69, 9.17) is 0 Å². The highest BCUT2D eigenvalue weighted by molar-refractivity contribution is 6.20. The van der Waals surface area contributed by atoms with Crippen molar-refractivity contribution in [2.45, 2.75) is 12.0 Å². The van der Waals surface area contributed by atoms with Gasteiger partial charge in [-0.1, -0.05) is 115 Å². The lowest BCUT2D eigenvalue weighted by atomic mass is 9.90. The van der Waals surface area contributed by atoms with Crippen molar-refractivity contribution in [1.29, 1.82) is 0 Å². The molecule has 0 spiro atoms. The molecular formula is C54H36N4. The third kappa shape index (κ3) is 4.34. The standard InChI is InChI=1S/C54H36N4/c1-4-16-35(17-5-1)55-47-25-13-10-22-39(47)43-31-44-41-24-12-15-27-49(41)58(53(44)33-51(43)55)38-28-29-50-42(30-38)46-32-45-40-23-11-14-26-48(40)56(36-18-6-2-7-19-36)52(45)34-54(46)57(50)37-20-8-3-9-21-37/h1-34,39,47H. The molecule has 0 fully saturated rings. The first kappa shape index (κ1) is 31.6. The summed E-state index contributed by atoms with van der Waals surface area (Å²) in [4.78, 5) is 2.54. The van der Waals surface area contributed by atoms with Crippen LogP contribution in [0.4, 0.5) is 11.4 Å². The topological polar surface area (TPSA) is 18.0 Å². The molecule has 11 aromatic rings. The molecule has 58 heavy (non-hydrogen) atoms. The van der Waals surface area contributed by atoms with Crippen LogP contribution in [0.15, 0.2) is 206 Å². The average Bonchev–Trinajstić information content (AvgIpc) is 4.00. The molecule has 2 unspecified atom stereocenters. The summed E-state index contributed by atoms with van der Waals surface area (Å²) < 4.78 is 7.35. The highest BCUT2D eigenvalue weighted by atomic mass is 15.2. The second-order valence-corrected chi connectivity index (χ2v) is 15.7. The molecule has 0 saturated heterocycles. The average molecular weight is 741 g/mol. The molecule has 0 saturated carbocycles. The van der Waals surface area contributed by atoms with Crippen LogP contribution in [0.2, 0.25) is 0 Å². The Hall–Kier alpha value is -7.56. The molecule has 13 rings (SSSR count). The maximum atomic E-state index is 2.54. The van der Waals surface area contributed by atoms with E-state index in [-0.39, 0.29) is 12.0 Å². The van der Waals surface area contributed by atoms with E-state index >= 15 is 0 Å². The number of aromatic nitrogens is 3. The predicted octanol–water partition coefficient (Wildman–Crippen LogP) is 13.7. The Labute approximate surface area is 335 Å². The third-order valence-electron chi connectivity index (χ3n) is 12.7. The van der Waals surface area contributed by atoms with Gasteiger partial charge in [-0.05, 0) is 96.6 Å². The number of benzene rings is 8. The second kappa shape index (κ2) is 12.0. The Kier molecular flexibility index (Phi) is 6.53. The number of rotatable bonds is 4. The van der Waals surface area contributed by atoms with Crippen LogP contribution in [0.3, 0.4) is 0 Å². The molecule has 3 aromatic heterocycles. The number of nitrogens with zero attached hydrogens (tertiary/aromatic N) is 4. The van der Waals surface area contributed by atoms with Gasteiger partial charge in [-0.15, -0.1) is 0 Å². The molecule has 4 heteroatoms. The zero-order valence-electron chi connectivity index (χ0n) is 31.6. The van der Waals surface area contributed by atoms with Crippen LogP contribution in [0.25, 0.3) is 82.5 Å². The van der Waals surface area contributed by atoms with E-state index < -0.39 is 0 Å². The van der Waals surface area contributed by atoms with Crippen molar-refractivity contribution in [2.24, 2.45) is 0 Å². The van der Waals surface area contributed by atoms with E-state index in [0.717, 1.165) is 17.1 Å². The lowest BCUT2D eigenvalue weighted by molar-refractivity contribution is 0.745. The van der Waals surface area contributed by atoms with Gasteiger partial charge in [0.15, 0.2) is 0 Å². The fraction of sp³-hybridized carbons (Fsp3) is 0.0370. The van der Waals surface area contributed by atoms with Gasteiger partial charge in [0.1, 0.15) is 0 Å². The van der Waals surface area contributed by atoms with Crippen molar-refractivity contribution in [2.75, 3.05) is 4.90 Å². The molecule has 0 bridgehead atoms. The second-order valence-electron chi connectivity index (χ2n) is 15.7. The number of para-hydroxylation sites is 5. The maximum absolute atomic E-state index is 2.54. The number of allylic oxidation sites excluding steroid dienone is 2. The zero-order valence-corrected chi connectivity index (χ0v) is 31.6. The molecule has 0 radical (unpaired) electrons. The first-order valence-corrected chi connectivity index (χ1v) is 20.2. The van der Waals surface area contributed by atoms with Gasteiger partial charge in [-0.3, -0.25) is 0 Å². The van der Waals surface area contributed by atoms with Gasteiger partial charge in [0.05, 0.1) is 39.1 Å². The highest BCUT2D eigenvalue weighted by Gasteiger charge is 2.38. The Morgan fingerprint density at radius 2 is 0.793 bits per heavy atom. The summed E-state index contributed by atoms with van der Waals surface area (Å²) in [5, 5.41) is 7.53. The maximum Gasteiger partial charge on any atom is 0.0629 e. The highest BCUT2D eigenvalue weighted by Crippen LogP contribution is 2.50. The molecule has 4 heterocycles. The smallest absolute Gasteiger partial charge is 0.0629 e. The monoisotopic (exact) mass is 740 g/mol. The van der Waals surface area contributed by atoms with Crippen LogP contribution in [0, 0.1) is 0 Å². The van der Waals surface area contributed by atoms with Crippen LogP contribution >= 0.6 is 0 Å². The van der Waals surface area contributed by atoms with Crippen LogP contribution in [0.5, 0.6) is 0 Å². The van der Waals surface area contributed by atoms with E-state index in [2.05, 4.69) is 225 Å². The van der Waals surface area contributed by atoms with E-state index in [0.29, 0.717) is 0 Å². The molecule has 2 atom stereocenters. The molecule has 8 aromatic carbocycles. The molecular weight excluding hydrogens is 705 g/mol. The fourth-order valence-electron chi connectivity index (χ4n) is 10.3. The van der Waals surface area contributed by atoms with Gasteiger partial charge in [-0.2, -0.15) is 0 Å². The van der Waals surface area contributed by atoms with Crippen molar-refractivity contribution >= 4 is 76.8 Å². The van der Waals surface area contributed by atoms with Gasteiger partial charge in [0.2, 0.25) is 0 Å². The zero-order chi connectivity index (χ0) is 37.9. The molecule has 1 aliphatic carbocycles. The van der Waals surface area contributed by atoms with Crippen molar-refractivity contribution in [3.8, 4) is 17.1 Å². The van der Waals surface area contributed by atoms with Crippen LogP contribution in [-0.2, 0) is 0 Å². The van der Waals surface area contributed by atoms with Crippen LogP contribution in [-0.4, -0.2) is 19.7 Å².